The first-order valence-corrected chi connectivity index (χ1v) is 7.57. The van der Waals surface area contributed by atoms with Gasteiger partial charge in [-0.3, -0.25) is 9.59 Å². The van der Waals surface area contributed by atoms with Gasteiger partial charge in [0.15, 0.2) is 0 Å². The second-order valence-corrected chi connectivity index (χ2v) is 6.08. The number of carbonyl (C=O) groups is 3. The van der Waals surface area contributed by atoms with Crippen LogP contribution in [0.4, 0.5) is 5.69 Å². The summed E-state index contributed by atoms with van der Waals surface area (Å²) in [5, 5.41) is 9.70. The number of methoxy groups -OCH3 is 1. The zero-order valence-electron chi connectivity index (χ0n) is 12.8. The summed E-state index contributed by atoms with van der Waals surface area (Å²) >= 11 is 0. The first-order valence-electron chi connectivity index (χ1n) is 7.57. The van der Waals surface area contributed by atoms with Crippen LogP contribution in [-0.2, 0) is 19.1 Å². The summed E-state index contributed by atoms with van der Waals surface area (Å²) in [6.45, 7) is -0.382. The smallest absolute Gasteiger partial charge is 0.339 e. The van der Waals surface area contributed by atoms with Gasteiger partial charge in [-0.15, -0.1) is 0 Å². The van der Waals surface area contributed by atoms with Crippen LogP contribution in [0.2, 0.25) is 0 Å². The van der Waals surface area contributed by atoms with Crippen molar-refractivity contribution >= 4 is 23.5 Å². The second-order valence-electron chi connectivity index (χ2n) is 6.08. The molecule has 3 heterocycles. The van der Waals surface area contributed by atoms with Crippen molar-refractivity contribution in [2.24, 2.45) is 11.8 Å². The van der Waals surface area contributed by atoms with Crippen LogP contribution in [0.15, 0.2) is 36.4 Å². The van der Waals surface area contributed by atoms with Gasteiger partial charge < -0.3 is 14.6 Å². The number of nitrogens with zero attached hydrogens (tertiary/aromatic N) is 1. The van der Waals surface area contributed by atoms with Crippen LogP contribution in [0.1, 0.15) is 10.4 Å². The minimum Gasteiger partial charge on any atom is -0.465 e. The van der Waals surface area contributed by atoms with E-state index in [0.717, 1.165) is 4.90 Å². The van der Waals surface area contributed by atoms with E-state index in [1.807, 2.05) is 0 Å². The van der Waals surface area contributed by atoms with Crippen LogP contribution in [0.5, 0.6) is 0 Å². The molecule has 0 spiro atoms. The minimum absolute atomic E-state index is 0.140. The highest BCUT2D eigenvalue weighted by Crippen LogP contribution is 2.52. The lowest BCUT2D eigenvalue weighted by atomic mass is 9.77. The second kappa shape index (κ2) is 4.99. The molecule has 4 rings (SSSR count). The third kappa shape index (κ3) is 1.71. The topological polar surface area (TPSA) is 93.1 Å². The predicted molar refractivity (Wildman–Crippen MR) is 81.1 cm³/mol. The molecule has 7 nitrogen and oxygen atoms in total. The molecule has 24 heavy (non-hydrogen) atoms. The fourth-order valence-corrected chi connectivity index (χ4v) is 3.87. The maximum absolute atomic E-state index is 12.9. The van der Waals surface area contributed by atoms with Gasteiger partial charge in [0.25, 0.3) is 0 Å². The number of anilines is 1. The maximum Gasteiger partial charge on any atom is 0.339 e. The van der Waals surface area contributed by atoms with E-state index in [-0.39, 0.29) is 17.9 Å². The van der Waals surface area contributed by atoms with E-state index < -0.39 is 41.3 Å². The van der Waals surface area contributed by atoms with Crippen molar-refractivity contribution in [2.75, 3.05) is 18.6 Å². The van der Waals surface area contributed by atoms with E-state index in [2.05, 4.69) is 0 Å². The molecular weight excluding hydrogens is 314 g/mol. The lowest BCUT2D eigenvalue weighted by Gasteiger charge is -2.26. The number of esters is 1. The zero-order valence-corrected chi connectivity index (χ0v) is 12.8. The van der Waals surface area contributed by atoms with E-state index in [4.69, 9.17) is 9.47 Å². The third-order valence-electron chi connectivity index (χ3n) is 4.95. The summed E-state index contributed by atoms with van der Waals surface area (Å²) < 4.78 is 10.4. The molecule has 0 saturated carbocycles. The Labute approximate surface area is 137 Å². The van der Waals surface area contributed by atoms with E-state index >= 15 is 0 Å². The molecule has 0 aliphatic carbocycles. The lowest BCUT2D eigenvalue weighted by Crippen LogP contribution is -2.43. The summed E-state index contributed by atoms with van der Waals surface area (Å²) in [7, 11) is 1.24. The SMILES string of the molecule is COC(=O)c1ccccc1N1C(=O)[C@@H]2[C@@H](C1=O)[C@@]1(CO)C=C[C@H]2O1. The number of para-hydroxylation sites is 1. The third-order valence-corrected chi connectivity index (χ3v) is 4.95. The molecule has 0 unspecified atom stereocenters. The molecule has 4 atom stereocenters. The molecule has 1 aromatic rings. The number of fused-ring (bicyclic) bond motifs is 5. The highest BCUT2D eigenvalue weighted by atomic mass is 16.5. The largest absolute Gasteiger partial charge is 0.465 e. The summed E-state index contributed by atoms with van der Waals surface area (Å²) in [6, 6.07) is 6.30. The van der Waals surface area contributed by atoms with Crippen molar-refractivity contribution in [3.63, 3.8) is 0 Å². The van der Waals surface area contributed by atoms with Gasteiger partial charge >= 0.3 is 5.97 Å². The number of ether oxygens (including phenoxy) is 2. The Morgan fingerprint density at radius 3 is 2.79 bits per heavy atom. The molecule has 2 bridgehead atoms. The summed E-state index contributed by atoms with van der Waals surface area (Å²) in [5.74, 6) is -2.98. The Bertz CT molecular complexity index is 787. The maximum atomic E-state index is 12.9. The first kappa shape index (κ1) is 15.0. The van der Waals surface area contributed by atoms with Crippen LogP contribution >= 0.6 is 0 Å². The highest BCUT2D eigenvalue weighted by molar-refractivity contribution is 6.25. The van der Waals surface area contributed by atoms with E-state index in [1.165, 1.54) is 19.2 Å². The quantitative estimate of drug-likeness (QED) is 0.486. The Hall–Kier alpha value is -2.51. The molecule has 0 radical (unpaired) electrons. The normalized spacial score (nSPS) is 33.2. The van der Waals surface area contributed by atoms with Crippen molar-refractivity contribution in [2.45, 2.75) is 11.7 Å². The van der Waals surface area contributed by atoms with Crippen LogP contribution in [0.25, 0.3) is 0 Å². The monoisotopic (exact) mass is 329 g/mol. The molecule has 3 aliphatic rings. The Kier molecular flexibility index (Phi) is 3.13. The van der Waals surface area contributed by atoms with Crippen LogP contribution in [0, 0.1) is 11.8 Å². The molecule has 0 aromatic heterocycles. The van der Waals surface area contributed by atoms with Gasteiger partial charge in [-0.1, -0.05) is 24.3 Å². The highest BCUT2D eigenvalue weighted by Gasteiger charge is 2.67. The fraction of sp³-hybridized carbons (Fsp3) is 0.353. The summed E-state index contributed by atoms with van der Waals surface area (Å²) in [5.41, 5.74) is -0.820. The van der Waals surface area contributed by atoms with Gasteiger partial charge in [-0.25, -0.2) is 9.69 Å². The Morgan fingerprint density at radius 2 is 2.08 bits per heavy atom. The average Bonchev–Trinajstić information content (AvgIpc) is 3.25. The number of aliphatic hydroxyl groups is 1. The van der Waals surface area contributed by atoms with Crippen LogP contribution in [-0.4, -0.2) is 48.3 Å². The number of amides is 2. The van der Waals surface area contributed by atoms with Crippen molar-refractivity contribution in [1.29, 1.82) is 0 Å². The molecule has 2 fully saturated rings. The number of hydrogen-bond donors (Lipinski definition) is 1. The molecule has 124 valence electrons. The van der Waals surface area contributed by atoms with E-state index in [1.54, 1.807) is 24.3 Å². The summed E-state index contributed by atoms with van der Waals surface area (Å²) in [6.07, 6.45) is 2.83. The molecule has 2 saturated heterocycles. The average molecular weight is 329 g/mol. The number of rotatable bonds is 3. The van der Waals surface area contributed by atoms with E-state index in [9.17, 15) is 19.5 Å². The molecule has 2 amide bonds. The predicted octanol–water partition coefficient (Wildman–Crippen LogP) is 0.279. The van der Waals surface area contributed by atoms with Gasteiger partial charge in [0.2, 0.25) is 11.8 Å². The number of imide groups is 1. The van der Waals surface area contributed by atoms with Gasteiger partial charge in [0, 0.05) is 0 Å². The van der Waals surface area contributed by atoms with Crippen molar-refractivity contribution in [1.82, 2.24) is 0 Å². The number of carbonyl (C=O) groups excluding carboxylic acids is 3. The Balaban J connectivity index is 1.80. The molecule has 7 heteroatoms. The molecule has 3 aliphatic heterocycles. The van der Waals surface area contributed by atoms with Crippen LogP contribution < -0.4 is 4.90 Å². The first-order chi connectivity index (χ1) is 11.5. The van der Waals surface area contributed by atoms with Gasteiger partial charge in [0.1, 0.15) is 5.60 Å². The number of hydrogen-bond acceptors (Lipinski definition) is 6. The van der Waals surface area contributed by atoms with Crippen LogP contribution in [0.3, 0.4) is 0 Å². The van der Waals surface area contributed by atoms with E-state index in [0.29, 0.717) is 0 Å². The van der Waals surface area contributed by atoms with Crippen molar-refractivity contribution < 1.29 is 29.0 Å². The fourth-order valence-electron chi connectivity index (χ4n) is 3.87. The summed E-state index contributed by atoms with van der Waals surface area (Å²) in [4.78, 5) is 38.8. The van der Waals surface area contributed by atoms with Gasteiger partial charge in [-0.05, 0) is 12.1 Å². The van der Waals surface area contributed by atoms with Crippen molar-refractivity contribution in [3.8, 4) is 0 Å². The molecular formula is C17H15NO6. The van der Waals surface area contributed by atoms with Gasteiger partial charge in [-0.2, -0.15) is 0 Å². The molecule has 1 N–H and O–H groups in total. The zero-order chi connectivity index (χ0) is 17.1. The Morgan fingerprint density at radius 1 is 1.33 bits per heavy atom. The van der Waals surface area contributed by atoms with Gasteiger partial charge in [0.05, 0.1) is 42.9 Å². The lowest BCUT2D eigenvalue weighted by molar-refractivity contribution is -0.128. The number of benzene rings is 1. The number of aliphatic hydroxyl groups excluding tert-OH is 1. The minimum atomic E-state index is -1.16. The standard InChI is InChI=1S/C17H15NO6/c1-23-16(22)9-4-2-3-5-10(9)18-14(20)12-11-6-7-17(8-19,24-11)13(12)15(18)21/h2-7,11-13,19H,8H2,1H3/t11-,12+,13+,17+/m1/s1. The molecule has 1 aromatic carbocycles. The van der Waals surface area contributed by atoms with Crippen molar-refractivity contribution in [3.05, 3.63) is 42.0 Å².